The molecule has 0 atom stereocenters. The molecular formula is C16H20N2O. The summed E-state index contributed by atoms with van der Waals surface area (Å²) in [5.74, 6) is 0.868. The van der Waals surface area contributed by atoms with Gasteiger partial charge in [-0.3, -0.25) is 0 Å². The highest BCUT2D eigenvalue weighted by Gasteiger charge is 2.05. The highest BCUT2D eigenvalue weighted by Crippen LogP contribution is 2.25. The van der Waals surface area contributed by atoms with Gasteiger partial charge in [-0.05, 0) is 37.6 Å². The number of hydrogen-bond acceptors (Lipinski definition) is 3. The maximum absolute atomic E-state index is 5.93. The Labute approximate surface area is 114 Å². The van der Waals surface area contributed by atoms with Crippen molar-refractivity contribution in [1.29, 1.82) is 0 Å². The minimum Gasteiger partial charge on any atom is -0.489 e. The van der Waals surface area contributed by atoms with Crippen LogP contribution in [0, 0.1) is 0 Å². The Morgan fingerprint density at radius 2 is 1.74 bits per heavy atom. The van der Waals surface area contributed by atoms with E-state index >= 15 is 0 Å². The molecule has 0 unspecified atom stereocenters. The molecule has 0 saturated heterocycles. The third-order valence-corrected chi connectivity index (χ3v) is 2.77. The lowest BCUT2D eigenvalue weighted by Gasteiger charge is -2.16. The molecule has 0 fully saturated rings. The molecule has 0 heterocycles. The lowest BCUT2D eigenvalue weighted by Crippen LogP contribution is -2.09. The van der Waals surface area contributed by atoms with Crippen LogP contribution < -0.4 is 15.8 Å². The van der Waals surface area contributed by atoms with E-state index < -0.39 is 0 Å². The Bertz CT molecular complexity index is 538. The number of nitrogens with one attached hydrogen (secondary N) is 1. The summed E-state index contributed by atoms with van der Waals surface area (Å²) in [5, 5.41) is 3.37. The van der Waals surface area contributed by atoms with E-state index in [9.17, 15) is 0 Å². The molecule has 0 radical (unpaired) electrons. The van der Waals surface area contributed by atoms with Gasteiger partial charge in [0.05, 0.1) is 11.8 Å². The molecule has 2 aromatic carbocycles. The van der Waals surface area contributed by atoms with E-state index in [1.54, 1.807) is 0 Å². The maximum atomic E-state index is 5.93. The molecule has 0 amide bonds. The van der Waals surface area contributed by atoms with Crippen molar-refractivity contribution in [3.8, 4) is 5.75 Å². The highest BCUT2D eigenvalue weighted by molar-refractivity contribution is 5.57. The molecule has 0 saturated carbocycles. The van der Waals surface area contributed by atoms with Crippen LogP contribution in [0.4, 0.5) is 11.4 Å². The van der Waals surface area contributed by atoms with Gasteiger partial charge >= 0.3 is 0 Å². The zero-order valence-corrected chi connectivity index (χ0v) is 11.4. The number of benzene rings is 2. The number of rotatable bonds is 5. The maximum Gasteiger partial charge on any atom is 0.142 e. The van der Waals surface area contributed by atoms with E-state index in [2.05, 4.69) is 5.32 Å². The minimum atomic E-state index is 0.157. The van der Waals surface area contributed by atoms with Crippen molar-refractivity contribution in [1.82, 2.24) is 0 Å². The molecule has 3 nitrogen and oxygen atoms in total. The Hall–Kier alpha value is -2.16. The number of ether oxygens (including phenoxy) is 1. The summed E-state index contributed by atoms with van der Waals surface area (Å²) in [4.78, 5) is 0. The van der Waals surface area contributed by atoms with Crippen molar-refractivity contribution < 1.29 is 4.74 Å². The molecule has 19 heavy (non-hydrogen) atoms. The second kappa shape index (κ2) is 6.14. The van der Waals surface area contributed by atoms with Crippen molar-refractivity contribution in [3.63, 3.8) is 0 Å². The van der Waals surface area contributed by atoms with Crippen molar-refractivity contribution >= 4 is 11.4 Å². The minimum absolute atomic E-state index is 0.157. The number of anilines is 2. The molecule has 2 aromatic rings. The summed E-state index contributed by atoms with van der Waals surface area (Å²) >= 11 is 0. The van der Waals surface area contributed by atoms with Crippen molar-refractivity contribution in [2.45, 2.75) is 26.5 Å². The number of para-hydroxylation sites is 3. The Balaban J connectivity index is 2.09. The molecule has 0 aliphatic rings. The van der Waals surface area contributed by atoms with Crippen LogP contribution >= 0.6 is 0 Å². The molecule has 3 heteroatoms. The first kappa shape index (κ1) is 13.3. The lowest BCUT2D eigenvalue weighted by atomic mass is 10.2. The van der Waals surface area contributed by atoms with Crippen LogP contribution in [0.3, 0.4) is 0 Å². The summed E-state index contributed by atoms with van der Waals surface area (Å²) in [7, 11) is 0. The fourth-order valence-electron chi connectivity index (χ4n) is 1.86. The highest BCUT2D eigenvalue weighted by atomic mass is 16.5. The number of hydrogen-bond donors (Lipinski definition) is 2. The van der Waals surface area contributed by atoms with E-state index in [-0.39, 0.29) is 6.10 Å². The second-order valence-corrected chi connectivity index (χ2v) is 4.72. The fourth-order valence-corrected chi connectivity index (χ4v) is 1.86. The topological polar surface area (TPSA) is 47.3 Å². The SMILES string of the molecule is CC(C)Oc1ccccc1NCc1ccccc1N. The summed E-state index contributed by atoms with van der Waals surface area (Å²) in [6.45, 7) is 4.73. The van der Waals surface area contributed by atoms with E-state index in [1.807, 2.05) is 62.4 Å². The molecule has 0 spiro atoms. The summed E-state index contributed by atoms with van der Waals surface area (Å²) in [5.41, 5.74) is 8.81. The van der Waals surface area contributed by atoms with Crippen LogP contribution in [0.1, 0.15) is 19.4 Å². The summed E-state index contributed by atoms with van der Waals surface area (Å²) in [6, 6.07) is 15.8. The van der Waals surface area contributed by atoms with Crippen LogP contribution in [0.25, 0.3) is 0 Å². The van der Waals surface area contributed by atoms with Crippen molar-refractivity contribution in [2.24, 2.45) is 0 Å². The largest absolute Gasteiger partial charge is 0.489 e. The zero-order chi connectivity index (χ0) is 13.7. The third kappa shape index (κ3) is 3.65. The Kier molecular flexibility index (Phi) is 4.29. The summed E-state index contributed by atoms with van der Waals surface area (Å²) in [6.07, 6.45) is 0.157. The summed E-state index contributed by atoms with van der Waals surface area (Å²) < 4.78 is 5.77. The first-order valence-electron chi connectivity index (χ1n) is 6.50. The van der Waals surface area contributed by atoms with Gasteiger partial charge in [-0.15, -0.1) is 0 Å². The third-order valence-electron chi connectivity index (χ3n) is 2.77. The molecule has 0 bridgehead atoms. The first-order valence-corrected chi connectivity index (χ1v) is 6.50. The van der Waals surface area contributed by atoms with E-state index in [0.717, 1.165) is 22.7 Å². The predicted octanol–water partition coefficient (Wildman–Crippen LogP) is 3.67. The molecule has 0 aliphatic carbocycles. The number of nitrogen functional groups attached to an aromatic ring is 1. The number of nitrogens with two attached hydrogens (primary N) is 1. The molecule has 3 N–H and O–H groups in total. The van der Waals surface area contributed by atoms with Gasteiger partial charge in [-0.25, -0.2) is 0 Å². The predicted molar refractivity (Wildman–Crippen MR) is 80.4 cm³/mol. The van der Waals surface area contributed by atoms with Gasteiger partial charge in [0.25, 0.3) is 0 Å². The van der Waals surface area contributed by atoms with Crippen LogP contribution in [0.2, 0.25) is 0 Å². The van der Waals surface area contributed by atoms with Gasteiger partial charge in [0.2, 0.25) is 0 Å². The van der Waals surface area contributed by atoms with Crippen molar-refractivity contribution in [3.05, 3.63) is 54.1 Å². The van der Waals surface area contributed by atoms with Crippen LogP contribution in [0.15, 0.2) is 48.5 Å². The average Bonchev–Trinajstić information content (AvgIpc) is 2.39. The van der Waals surface area contributed by atoms with Gasteiger partial charge in [-0.2, -0.15) is 0 Å². The molecule has 0 aromatic heterocycles. The molecular weight excluding hydrogens is 236 g/mol. The van der Waals surface area contributed by atoms with Gasteiger partial charge in [0.1, 0.15) is 5.75 Å². The van der Waals surface area contributed by atoms with Crippen molar-refractivity contribution in [2.75, 3.05) is 11.1 Å². The smallest absolute Gasteiger partial charge is 0.142 e. The fraction of sp³-hybridized carbons (Fsp3) is 0.250. The first-order chi connectivity index (χ1) is 9.16. The Morgan fingerprint density at radius 3 is 2.47 bits per heavy atom. The standard InChI is InChI=1S/C16H20N2O/c1-12(2)19-16-10-6-5-9-15(16)18-11-13-7-3-4-8-14(13)17/h3-10,12,18H,11,17H2,1-2H3. The van der Waals surface area contributed by atoms with E-state index in [4.69, 9.17) is 10.5 Å². The van der Waals surface area contributed by atoms with E-state index in [1.165, 1.54) is 0 Å². The normalized spacial score (nSPS) is 10.5. The van der Waals surface area contributed by atoms with Gasteiger partial charge in [-0.1, -0.05) is 30.3 Å². The van der Waals surface area contributed by atoms with Gasteiger partial charge in [0.15, 0.2) is 0 Å². The molecule has 100 valence electrons. The Morgan fingerprint density at radius 1 is 1.05 bits per heavy atom. The van der Waals surface area contributed by atoms with Crippen LogP contribution in [-0.4, -0.2) is 6.10 Å². The lowest BCUT2D eigenvalue weighted by molar-refractivity contribution is 0.243. The second-order valence-electron chi connectivity index (χ2n) is 4.72. The molecule has 2 rings (SSSR count). The van der Waals surface area contributed by atoms with Gasteiger partial charge in [0, 0.05) is 12.2 Å². The zero-order valence-electron chi connectivity index (χ0n) is 11.4. The van der Waals surface area contributed by atoms with Crippen LogP contribution in [-0.2, 0) is 6.54 Å². The quantitative estimate of drug-likeness (QED) is 0.802. The van der Waals surface area contributed by atoms with Gasteiger partial charge < -0.3 is 15.8 Å². The van der Waals surface area contributed by atoms with E-state index in [0.29, 0.717) is 6.54 Å². The average molecular weight is 256 g/mol. The van der Waals surface area contributed by atoms with Crippen LogP contribution in [0.5, 0.6) is 5.75 Å². The molecule has 0 aliphatic heterocycles. The monoisotopic (exact) mass is 256 g/mol.